The first-order valence-corrected chi connectivity index (χ1v) is 6.63. The Balaban J connectivity index is 2.15. The third-order valence-corrected chi connectivity index (χ3v) is 3.50. The Morgan fingerprint density at radius 3 is 2.80 bits per heavy atom. The Morgan fingerprint density at radius 2 is 2.20 bits per heavy atom. The van der Waals surface area contributed by atoms with E-state index in [9.17, 15) is 0 Å². The van der Waals surface area contributed by atoms with Gasteiger partial charge in [-0.1, -0.05) is 32.6 Å². The Labute approximate surface area is 94.8 Å². The molecule has 2 atom stereocenters. The molecule has 2 heteroatoms. The summed E-state index contributed by atoms with van der Waals surface area (Å²) in [6.07, 6.45) is 9.40. The molecular formula is C13H27NO. The highest BCUT2D eigenvalue weighted by molar-refractivity contribution is 4.77. The molecule has 1 aliphatic rings. The van der Waals surface area contributed by atoms with Gasteiger partial charge in [-0.2, -0.15) is 0 Å². The molecule has 90 valence electrons. The largest absolute Gasteiger partial charge is 0.381 e. The fourth-order valence-electron chi connectivity index (χ4n) is 2.49. The monoisotopic (exact) mass is 213 g/mol. The van der Waals surface area contributed by atoms with Gasteiger partial charge in [-0.05, 0) is 32.2 Å². The molecule has 0 amide bonds. The second kappa shape index (κ2) is 8.12. The molecule has 2 nitrogen and oxygen atoms in total. The van der Waals surface area contributed by atoms with E-state index in [1.54, 1.807) is 0 Å². The van der Waals surface area contributed by atoms with Crippen molar-refractivity contribution in [1.82, 2.24) is 5.32 Å². The predicted octanol–water partition coefficient (Wildman–Crippen LogP) is 2.97. The van der Waals surface area contributed by atoms with E-state index in [0.29, 0.717) is 6.04 Å². The number of rotatable bonds is 7. The number of unbranched alkanes of at least 4 members (excludes halogenated alkanes) is 3. The molecule has 1 heterocycles. The third kappa shape index (κ3) is 4.98. The zero-order valence-corrected chi connectivity index (χ0v) is 10.4. The van der Waals surface area contributed by atoms with Gasteiger partial charge in [0.2, 0.25) is 0 Å². The molecule has 0 aromatic rings. The Hall–Kier alpha value is -0.0800. The first-order chi connectivity index (χ1) is 7.38. The van der Waals surface area contributed by atoms with Gasteiger partial charge < -0.3 is 10.1 Å². The van der Waals surface area contributed by atoms with Gasteiger partial charge in [-0.15, -0.1) is 0 Å². The predicted molar refractivity (Wildman–Crippen MR) is 65.1 cm³/mol. The Kier molecular flexibility index (Phi) is 7.03. The van der Waals surface area contributed by atoms with Gasteiger partial charge in [-0.25, -0.2) is 0 Å². The molecule has 0 radical (unpaired) electrons. The van der Waals surface area contributed by atoms with Gasteiger partial charge in [0.05, 0.1) is 6.61 Å². The molecule has 0 aromatic heterocycles. The standard InChI is InChI=1S/C13H27NO/c1-3-4-5-6-9-13(14-2)12-8-7-10-15-11-12/h12-14H,3-11H2,1-2H3. The third-order valence-electron chi connectivity index (χ3n) is 3.50. The molecule has 0 spiro atoms. The number of hydrogen-bond acceptors (Lipinski definition) is 2. The van der Waals surface area contributed by atoms with E-state index in [2.05, 4.69) is 19.3 Å². The quantitative estimate of drug-likeness (QED) is 0.656. The SMILES string of the molecule is CCCCCCC(NC)C1CCCOC1. The topological polar surface area (TPSA) is 21.3 Å². The number of ether oxygens (including phenoxy) is 1. The van der Waals surface area contributed by atoms with Crippen LogP contribution in [0.15, 0.2) is 0 Å². The van der Waals surface area contributed by atoms with Gasteiger partial charge >= 0.3 is 0 Å². The van der Waals surface area contributed by atoms with Gasteiger partial charge in [0.15, 0.2) is 0 Å². The summed E-state index contributed by atoms with van der Waals surface area (Å²) >= 11 is 0. The van der Waals surface area contributed by atoms with E-state index < -0.39 is 0 Å². The maximum absolute atomic E-state index is 5.55. The van der Waals surface area contributed by atoms with Crippen molar-refractivity contribution in [2.24, 2.45) is 5.92 Å². The number of nitrogens with one attached hydrogen (secondary N) is 1. The van der Waals surface area contributed by atoms with Crippen LogP contribution in [0.5, 0.6) is 0 Å². The average Bonchev–Trinajstić information content (AvgIpc) is 2.30. The molecule has 0 saturated carbocycles. The highest BCUT2D eigenvalue weighted by atomic mass is 16.5. The molecule has 15 heavy (non-hydrogen) atoms. The van der Waals surface area contributed by atoms with Crippen molar-refractivity contribution in [2.45, 2.75) is 57.9 Å². The van der Waals surface area contributed by atoms with Crippen molar-refractivity contribution in [3.8, 4) is 0 Å². The van der Waals surface area contributed by atoms with Crippen molar-refractivity contribution in [1.29, 1.82) is 0 Å². The maximum Gasteiger partial charge on any atom is 0.0509 e. The van der Waals surface area contributed by atoms with Crippen molar-refractivity contribution in [2.75, 3.05) is 20.3 Å². The summed E-state index contributed by atoms with van der Waals surface area (Å²) in [5.41, 5.74) is 0. The smallest absolute Gasteiger partial charge is 0.0509 e. The Morgan fingerprint density at radius 1 is 1.33 bits per heavy atom. The first-order valence-electron chi connectivity index (χ1n) is 6.63. The number of hydrogen-bond donors (Lipinski definition) is 1. The van der Waals surface area contributed by atoms with E-state index in [-0.39, 0.29) is 0 Å². The lowest BCUT2D eigenvalue weighted by molar-refractivity contribution is 0.0387. The van der Waals surface area contributed by atoms with Crippen LogP contribution in [-0.2, 0) is 4.74 Å². The first kappa shape index (κ1) is 13.0. The molecule has 1 aliphatic heterocycles. The van der Waals surface area contributed by atoms with Crippen LogP contribution in [0.4, 0.5) is 0 Å². The van der Waals surface area contributed by atoms with Crippen LogP contribution in [0.2, 0.25) is 0 Å². The minimum atomic E-state index is 0.683. The van der Waals surface area contributed by atoms with Gasteiger partial charge in [0, 0.05) is 12.6 Å². The highest BCUT2D eigenvalue weighted by Crippen LogP contribution is 2.21. The second-order valence-corrected chi connectivity index (χ2v) is 4.72. The molecule has 0 aliphatic carbocycles. The zero-order valence-electron chi connectivity index (χ0n) is 10.4. The highest BCUT2D eigenvalue weighted by Gasteiger charge is 2.22. The van der Waals surface area contributed by atoms with Crippen LogP contribution in [0.3, 0.4) is 0 Å². The van der Waals surface area contributed by atoms with Crippen LogP contribution in [-0.4, -0.2) is 26.3 Å². The zero-order chi connectivity index (χ0) is 10.9. The summed E-state index contributed by atoms with van der Waals surface area (Å²) < 4.78 is 5.55. The lowest BCUT2D eigenvalue weighted by atomic mass is 9.90. The lowest BCUT2D eigenvalue weighted by Crippen LogP contribution is -2.38. The Bertz CT molecular complexity index is 143. The molecule has 1 fully saturated rings. The van der Waals surface area contributed by atoms with Crippen LogP contribution >= 0.6 is 0 Å². The molecular weight excluding hydrogens is 186 g/mol. The summed E-state index contributed by atoms with van der Waals surface area (Å²) in [7, 11) is 2.10. The summed E-state index contributed by atoms with van der Waals surface area (Å²) in [6, 6.07) is 0.683. The fraction of sp³-hybridized carbons (Fsp3) is 1.00. The fourth-order valence-corrected chi connectivity index (χ4v) is 2.49. The van der Waals surface area contributed by atoms with Gasteiger partial charge in [-0.3, -0.25) is 0 Å². The van der Waals surface area contributed by atoms with E-state index >= 15 is 0 Å². The van der Waals surface area contributed by atoms with Crippen molar-refractivity contribution in [3.63, 3.8) is 0 Å². The summed E-state index contributed by atoms with van der Waals surface area (Å²) in [6.45, 7) is 4.21. The molecule has 2 unspecified atom stereocenters. The molecule has 1 saturated heterocycles. The van der Waals surface area contributed by atoms with Gasteiger partial charge in [0.1, 0.15) is 0 Å². The van der Waals surface area contributed by atoms with E-state index in [4.69, 9.17) is 4.74 Å². The minimum absolute atomic E-state index is 0.683. The van der Waals surface area contributed by atoms with Gasteiger partial charge in [0.25, 0.3) is 0 Å². The molecule has 1 rings (SSSR count). The van der Waals surface area contributed by atoms with Crippen LogP contribution in [0.1, 0.15) is 51.9 Å². The normalized spacial score (nSPS) is 24.0. The molecule has 0 aromatic carbocycles. The summed E-state index contributed by atoms with van der Waals surface area (Å²) in [5, 5.41) is 3.47. The van der Waals surface area contributed by atoms with Crippen molar-refractivity contribution < 1.29 is 4.74 Å². The molecule has 1 N–H and O–H groups in total. The average molecular weight is 213 g/mol. The van der Waals surface area contributed by atoms with Crippen LogP contribution in [0, 0.1) is 5.92 Å². The minimum Gasteiger partial charge on any atom is -0.381 e. The molecule has 0 bridgehead atoms. The van der Waals surface area contributed by atoms with E-state index in [1.165, 1.54) is 44.9 Å². The van der Waals surface area contributed by atoms with Crippen LogP contribution in [0.25, 0.3) is 0 Å². The van der Waals surface area contributed by atoms with Crippen LogP contribution < -0.4 is 5.32 Å². The van der Waals surface area contributed by atoms with E-state index in [1.807, 2.05) is 0 Å². The van der Waals surface area contributed by atoms with Crippen molar-refractivity contribution >= 4 is 0 Å². The summed E-state index contributed by atoms with van der Waals surface area (Å²) in [4.78, 5) is 0. The van der Waals surface area contributed by atoms with Crippen molar-refractivity contribution in [3.05, 3.63) is 0 Å². The lowest BCUT2D eigenvalue weighted by Gasteiger charge is -2.30. The van der Waals surface area contributed by atoms with E-state index in [0.717, 1.165) is 19.1 Å². The summed E-state index contributed by atoms with van der Waals surface area (Å²) in [5.74, 6) is 0.755. The second-order valence-electron chi connectivity index (χ2n) is 4.72. The maximum atomic E-state index is 5.55.